The summed E-state index contributed by atoms with van der Waals surface area (Å²) >= 11 is 0. The number of rotatable bonds is 3. The van der Waals surface area contributed by atoms with Gasteiger partial charge in [-0.3, -0.25) is 4.79 Å². The Bertz CT molecular complexity index is 348. The molecule has 17 heavy (non-hydrogen) atoms. The van der Waals surface area contributed by atoms with Crippen LogP contribution in [0.15, 0.2) is 24.5 Å². The molecule has 94 valence electrons. The minimum Gasteiger partial charge on any atom is -0.354 e. The Kier molecular flexibility index (Phi) is 3.87. The maximum Gasteiger partial charge on any atom is 0.224 e. The third-order valence-electron chi connectivity index (χ3n) is 3.73. The highest BCUT2D eigenvalue weighted by atomic mass is 16.2. The second-order valence-corrected chi connectivity index (χ2v) is 5.10. The summed E-state index contributed by atoms with van der Waals surface area (Å²) in [6.45, 7) is 5.13. The average Bonchev–Trinajstić information content (AvgIpc) is 2.79. The standard InChI is InChI=1S/C14H22N2O/c1-12-6-5-7-13(2)16(12)14(17)8-11-15-9-3-4-10-15/h3-4,9-10,12-13H,5-8,11H2,1-2H3. The Labute approximate surface area is 103 Å². The molecule has 2 atom stereocenters. The number of aryl methyl sites for hydroxylation is 1. The number of likely N-dealkylation sites (tertiary alicyclic amines) is 1. The predicted octanol–water partition coefficient (Wildman–Crippen LogP) is 2.67. The highest BCUT2D eigenvalue weighted by molar-refractivity contribution is 5.76. The van der Waals surface area contributed by atoms with Crippen LogP contribution < -0.4 is 0 Å². The molecule has 0 N–H and O–H groups in total. The molecule has 0 aliphatic carbocycles. The molecule has 2 heterocycles. The monoisotopic (exact) mass is 234 g/mol. The molecule has 0 radical (unpaired) electrons. The second kappa shape index (κ2) is 5.39. The van der Waals surface area contributed by atoms with Crippen molar-refractivity contribution in [2.45, 2.75) is 58.2 Å². The van der Waals surface area contributed by atoms with Crippen molar-refractivity contribution in [3.05, 3.63) is 24.5 Å². The van der Waals surface area contributed by atoms with E-state index in [4.69, 9.17) is 0 Å². The molecule has 1 aliphatic rings. The molecule has 1 saturated heterocycles. The maximum atomic E-state index is 12.2. The van der Waals surface area contributed by atoms with E-state index in [9.17, 15) is 4.79 Å². The Morgan fingerprint density at radius 3 is 2.35 bits per heavy atom. The Hall–Kier alpha value is -1.25. The van der Waals surface area contributed by atoms with Crippen molar-refractivity contribution >= 4 is 5.91 Å². The molecule has 1 fully saturated rings. The van der Waals surface area contributed by atoms with Gasteiger partial charge >= 0.3 is 0 Å². The molecule has 0 bridgehead atoms. The molecule has 3 nitrogen and oxygen atoms in total. The fraction of sp³-hybridized carbons (Fsp3) is 0.643. The first-order chi connectivity index (χ1) is 8.18. The van der Waals surface area contributed by atoms with E-state index < -0.39 is 0 Å². The first kappa shape index (κ1) is 12.2. The van der Waals surface area contributed by atoms with E-state index in [0.29, 0.717) is 24.4 Å². The van der Waals surface area contributed by atoms with Gasteiger partial charge in [-0.25, -0.2) is 0 Å². The van der Waals surface area contributed by atoms with Gasteiger partial charge in [-0.2, -0.15) is 0 Å². The minimum absolute atomic E-state index is 0.304. The fourth-order valence-corrected chi connectivity index (χ4v) is 2.79. The van der Waals surface area contributed by atoms with Crippen LogP contribution in [0, 0.1) is 0 Å². The molecule has 3 heteroatoms. The number of hydrogen-bond acceptors (Lipinski definition) is 1. The van der Waals surface area contributed by atoms with Gasteiger partial charge in [-0.1, -0.05) is 0 Å². The van der Waals surface area contributed by atoms with Crippen molar-refractivity contribution in [1.29, 1.82) is 0 Å². The summed E-state index contributed by atoms with van der Waals surface area (Å²) in [5, 5.41) is 0. The van der Waals surface area contributed by atoms with Crippen LogP contribution >= 0.6 is 0 Å². The van der Waals surface area contributed by atoms with Gasteiger partial charge in [0.15, 0.2) is 0 Å². The van der Waals surface area contributed by atoms with Gasteiger partial charge in [-0.15, -0.1) is 0 Å². The van der Waals surface area contributed by atoms with Crippen molar-refractivity contribution in [3.63, 3.8) is 0 Å². The number of nitrogens with zero attached hydrogens (tertiary/aromatic N) is 2. The topological polar surface area (TPSA) is 25.2 Å². The van der Waals surface area contributed by atoms with Crippen LogP contribution in [0.1, 0.15) is 39.5 Å². The average molecular weight is 234 g/mol. The predicted molar refractivity (Wildman–Crippen MR) is 68.7 cm³/mol. The lowest BCUT2D eigenvalue weighted by Crippen LogP contribution is -2.47. The summed E-state index contributed by atoms with van der Waals surface area (Å²) in [7, 11) is 0. The van der Waals surface area contributed by atoms with Crippen molar-refractivity contribution in [2.75, 3.05) is 0 Å². The summed E-state index contributed by atoms with van der Waals surface area (Å²) < 4.78 is 2.07. The number of amides is 1. The zero-order chi connectivity index (χ0) is 12.3. The summed E-state index contributed by atoms with van der Waals surface area (Å²) in [6, 6.07) is 4.82. The molecule has 1 amide bonds. The quantitative estimate of drug-likeness (QED) is 0.789. The smallest absolute Gasteiger partial charge is 0.224 e. The van der Waals surface area contributed by atoms with Gasteiger partial charge in [0.1, 0.15) is 0 Å². The van der Waals surface area contributed by atoms with E-state index in [-0.39, 0.29) is 0 Å². The minimum atomic E-state index is 0.304. The molecular weight excluding hydrogens is 212 g/mol. The van der Waals surface area contributed by atoms with Crippen molar-refractivity contribution in [3.8, 4) is 0 Å². The fourth-order valence-electron chi connectivity index (χ4n) is 2.79. The highest BCUT2D eigenvalue weighted by Gasteiger charge is 2.28. The van der Waals surface area contributed by atoms with E-state index >= 15 is 0 Å². The van der Waals surface area contributed by atoms with Crippen molar-refractivity contribution < 1.29 is 4.79 Å². The van der Waals surface area contributed by atoms with E-state index in [0.717, 1.165) is 19.4 Å². The molecule has 2 rings (SSSR count). The van der Waals surface area contributed by atoms with E-state index in [2.05, 4.69) is 23.3 Å². The van der Waals surface area contributed by atoms with Crippen LogP contribution in [0.2, 0.25) is 0 Å². The number of aromatic nitrogens is 1. The molecule has 0 spiro atoms. The van der Waals surface area contributed by atoms with Gasteiger partial charge in [-0.05, 0) is 45.2 Å². The lowest BCUT2D eigenvalue weighted by molar-refractivity contribution is -0.137. The lowest BCUT2D eigenvalue weighted by Gasteiger charge is -2.39. The normalized spacial score (nSPS) is 24.9. The zero-order valence-corrected chi connectivity index (χ0v) is 10.8. The van der Waals surface area contributed by atoms with Crippen LogP contribution in [0.3, 0.4) is 0 Å². The van der Waals surface area contributed by atoms with Crippen LogP contribution in [-0.4, -0.2) is 27.5 Å². The van der Waals surface area contributed by atoms with Gasteiger partial charge < -0.3 is 9.47 Å². The van der Waals surface area contributed by atoms with Crippen LogP contribution in [0.5, 0.6) is 0 Å². The maximum absolute atomic E-state index is 12.2. The number of piperidine rings is 1. The van der Waals surface area contributed by atoms with Gasteiger partial charge in [0.25, 0.3) is 0 Å². The number of carbonyl (C=O) groups excluding carboxylic acids is 1. The number of hydrogen-bond donors (Lipinski definition) is 0. The number of carbonyl (C=O) groups is 1. The van der Waals surface area contributed by atoms with Crippen LogP contribution in [-0.2, 0) is 11.3 Å². The molecular formula is C14H22N2O. The van der Waals surface area contributed by atoms with Crippen molar-refractivity contribution in [1.82, 2.24) is 9.47 Å². The summed E-state index contributed by atoms with van der Waals surface area (Å²) in [6.07, 6.45) is 8.19. The van der Waals surface area contributed by atoms with E-state index in [1.54, 1.807) is 0 Å². The van der Waals surface area contributed by atoms with E-state index in [1.807, 2.05) is 24.5 Å². The lowest BCUT2D eigenvalue weighted by atomic mass is 9.97. The largest absolute Gasteiger partial charge is 0.354 e. The first-order valence-electron chi connectivity index (χ1n) is 6.60. The van der Waals surface area contributed by atoms with Crippen LogP contribution in [0.25, 0.3) is 0 Å². The summed E-state index contributed by atoms with van der Waals surface area (Å²) in [5.74, 6) is 0.304. The third-order valence-corrected chi connectivity index (χ3v) is 3.73. The Morgan fingerprint density at radius 1 is 1.18 bits per heavy atom. The summed E-state index contributed by atoms with van der Waals surface area (Å²) in [5.41, 5.74) is 0. The Morgan fingerprint density at radius 2 is 1.76 bits per heavy atom. The zero-order valence-electron chi connectivity index (χ0n) is 10.8. The van der Waals surface area contributed by atoms with Crippen molar-refractivity contribution in [2.24, 2.45) is 0 Å². The molecule has 1 aromatic heterocycles. The van der Waals surface area contributed by atoms with Gasteiger partial charge in [0.05, 0.1) is 0 Å². The van der Waals surface area contributed by atoms with Crippen LogP contribution in [0.4, 0.5) is 0 Å². The molecule has 0 aromatic carbocycles. The highest BCUT2D eigenvalue weighted by Crippen LogP contribution is 2.23. The SMILES string of the molecule is CC1CCCC(C)N1C(=O)CCn1cccc1. The molecule has 1 aromatic rings. The Balaban J connectivity index is 1.90. The first-order valence-corrected chi connectivity index (χ1v) is 6.60. The third kappa shape index (κ3) is 2.90. The molecule has 2 unspecified atom stereocenters. The second-order valence-electron chi connectivity index (χ2n) is 5.10. The van der Waals surface area contributed by atoms with Gasteiger partial charge in [0.2, 0.25) is 5.91 Å². The van der Waals surface area contributed by atoms with Gasteiger partial charge in [0, 0.05) is 37.4 Å². The van der Waals surface area contributed by atoms with E-state index in [1.165, 1.54) is 6.42 Å². The summed E-state index contributed by atoms with van der Waals surface area (Å²) in [4.78, 5) is 14.3. The molecule has 1 aliphatic heterocycles. The molecule has 0 saturated carbocycles.